The van der Waals surface area contributed by atoms with Crippen LogP contribution in [0.5, 0.6) is 0 Å². The van der Waals surface area contributed by atoms with Crippen molar-refractivity contribution >= 4 is 12.1 Å². The summed E-state index contributed by atoms with van der Waals surface area (Å²) in [6.45, 7) is 5.57. The second kappa shape index (κ2) is 6.23. The number of rotatable bonds is 4. The molecule has 1 heterocycles. The first-order chi connectivity index (χ1) is 9.56. The molecule has 1 amide bonds. The van der Waals surface area contributed by atoms with E-state index in [2.05, 4.69) is 11.9 Å². The predicted octanol–water partition coefficient (Wildman–Crippen LogP) is 2.17. The minimum Gasteiger partial charge on any atom is -0.456 e. The number of nitrogens with one attached hydrogen (secondary N) is 1. The Labute approximate surface area is 117 Å². The topological polar surface area (TPSA) is 64.6 Å². The lowest BCUT2D eigenvalue weighted by Crippen LogP contribution is -2.41. The first-order valence-electron chi connectivity index (χ1n) is 6.42. The maximum absolute atomic E-state index is 11.7. The van der Waals surface area contributed by atoms with E-state index in [0.29, 0.717) is 12.0 Å². The molecule has 1 aromatic carbocycles. The van der Waals surface area contributed by atoms with Crippen molar-refractivity contribution in [3.8, 4) is 0 Å². The summed E-state index contributed by atoms with van der Waals surface area (Å²) in [6, 6.07) is 9.08. The van der Waals surface area contributed by atoms with Gasteiger partial charge in [0.1, 0.15) is 12.7 Å². The molecular formula is C15H17NO4. The fourth-order valence-corrected chi connectivity index (χ4v) is 1.91. The van der Waals surface area contributed by atoms with E-state index in [1.165, 1.54) is 0 Å². The van der Waals surface area contributed by atoms with Crippen LogP contribution >= 0.6 is 0 Å². The van der Waals surface area contributed by atoms with Gasteiger partial charge in [-0.2, -0.15) is 0 Å². The Morgan fingerprint density at radius 1 is 1.50 bits per heavy atom. The molecule has 0 aromatic heterocycles. The number of alkyl carbamates (subject to hydrolysis) is 1. The molecule has 1 N–H and O–H groups in total. The van der Waals surface area contributed by atoms with Gasteiger partial charge in [0.15, 0.2) is 0 Å². The molecule has 5 nitrogen and oxygen atoms in total. The summed E-state index contributed by atoms with van der Waals surface area (Å²) < 4.78 is 10.2. The number of ether oxygens (including phenoxy) is 2. The molecule has 0 spiro atoms. The standard InChI is InChI=1S/C15H17NO4/c1-10-8-13(20-14(10)17)11(2)16-15(18)19-9-12-6-4-3-5-7-12/h3-7,11,13H,1,8-9H2,2H3,(H,16,18)/t11-,13+/m0/s1. The van der Waals surface area contributed by atoms with Crippen LogP contribution in [0.3, 0.4) is 0 Å². The van der Waals surface area contributed by atoms with Gasteiger partial charge in [0.2, 0.25) is 0 Å². The molecule has 0 aliphatic carbocycles. The van der Waals surface area contributed by atoms with Crippen LogP contribution in [-0.4, -0.2) is 24.2 Å². The molecule has 1 fully saturated rings. The Hall–Kier alpha value is -2.30. The molecule has 5 heteroatoms. The molecule has 2 rings (SSSR count). The van der Waals surface area contributed by atoms with Gasteiger partial charge in [0.25, 0.3) is 0 Å². The summed E-state index contributed by atoms with van der Waals surface area (Å²) in [4.78, 5) is 22.9. The van der Waals surface area contributed by atoms with Crippen molar-refractivity contribution in [2.75, 3.05) is 0 Å². The number of hydrogen-bond acceptors (Lipinski definition) is 4. The summed E-state index contributed by atoms with van der Waals surface area (Å²) in [7, 11) is 0. The maximum Gasteiger partial charge on any atom is 0.407 e. The first-order valence-corrected chi connectivity index (χ1v) is 6.42. The van der Waals surface area contributed by atoms with Gasteiger partial charge >= 0.3 is 12.1 Å². The van der Waals surface area contributed by atoms with Gasteiger partial charge in [-0.15, -0.1) is 0 Å². The maximum atomic E-state index is 11.7. The zero-order valence-corrected chi connectivity index (χ0v) is 11.3. The minimum absolute atomic E-state index is 0.205. The van der Waals surface area contributed by atoms with Gasteiger partial charge in [-0.3, -0.25) is 0 Å². The highest BCUT2D eigenvalue weighted by Crippen LogP contribution is 2.21. The molecule has 0 saturated carbocycles. The lowest BCUT2D eigenvalue weighted by molar-refractivity contribution is -0.139. The highest BCUT2D eigenvalue weighted by Gasteiger charge is 2.32. The van der Waals surface area contributed by atoms with Gasteiger partial charge in [-0.05, 0) is 12.5 Å². The number of esters is 1. The normalized spacial score (nSPS) is 19.4. The highest BCUT2D eigenvalue weighted by atomic mass is 16.6. The van der Waals surface area contributed by atoms with Gasteiger partial charge in [0.05, 0.1) is 6.04 Å². The van der Waals surface area contributed by atoms with Crippen molar-refractivity contribution in [2.45, 2.75) is 32.1 Å². The first kappa shape index (κ1) is 14.1. The number of hydrogen-bond donors (Lipinski definition) is 1. The highest BCUT2D eigenvalue weighted by molar-refractivity contribution is 5.90. The minimum atomic E-state index is -0.532. The smallest absolute Gasteiger partial charge is 0.407 e. The lowest BCUT2D eigenvalue weighted by atomic mass is 10.1. The molecule has 106 valence electrons. The number of benzene rings is 1. The van der Waals surface area contributed by atoms with Crippen molar-refractivity contribution in [3.05, 3.63) is 48.0 Å². The van der Waals surface area contributed by atoms with Crippen molar-refractivity contribution < 1.29 is 19.1 Å². The van der Waals surface area contributed by atoms with E-state index in [1.54, 1.807) is 6.92 Å². The number of carbonyl (C=O) groups is 2. The van der Waals surface area contributed by atoms with Crippen LogP contribution in [-0.2, 0) is 20.9 Å². The van der Waals surface area contributed by atoms with E-state index in [4.69, 9.17) is 9.47 Å². The average Bonchev–Trinajstić information content (AvgIpc) is 2.78. The van der Waals surface area contributed by atoms with E-state index >= 15 is 0 Å². The third-order valence-corrected chi connectivity index (χ3v) is 3.11. The monoisotopic (exact) mass is 275 g/mol. The Bertz CT molecular complexity index is 496. The molecule has 0 radical (unpaired) electrons. The molecule has 1 aliphatic heterocycles. The summed E-state index contributed by atoms with van der Waals surface area (Å²) >= 11 is 0. The van der Waals surface area contributed by atoms with E-state index in [0.717, 1.165) is 5.56 Å². The SMILES string of the molecule is C=C1C[C@H]([C@H](C)NC(=O)OCc2ccccc2)OC1=O. The Balaban J connectivity index is 1.77. The van der Waals surface area contributed by atoms with E-state index in [-0.39, 0.29) is 18.8 Å². The van der Waals surface area contributed by atoms with Crippen LogP contribution in [0.2, 0.25) is 0 Å². The molecule has 0 unspecified atom stereocenters. The van der Waals surface area contributed by atoms with Crippen molar-refractivity contribution in [3.63, 3.8) is 0 Å². The molecular weight excluding hydrogens is 258 g/mol. The van der Waals surface area contributed by atoms with Crippen LogP contribution in [0.4, 0.5) is 4.79 Å². The summed E-state index contributed by atoms with van der Waals surface area (Å²) in [5.74, 6) is -0.402. The molecule has 2 atom stereocenters. The van der Waals surface area contributed by atoms with Gasteiger partial charge in [0, 0.05) is 12.0 Å². The molecule has 1 saturated heterocycles. The molecule has 0 bridgehead atoms. The van der Waals surface area contributed by atoms with E-state index in [1.807, 2.05) is 30.3 Å². The van der Waals surface area contributed by atoms with Crippen LogP contribution in [0, 0.1) is 0 Å². The van der Waals surface area contributed by atoms with Crippen molar-refractivity contribution in [2.24, 2.45) is 0 Å². The summed E-state index contributed by atoms with van der Waals surface area (Å²) in [5, 5.41) is 2.65. The number of cyclic esters (lactones) is 1. The third-order valence-electron chi connectivity index (χ3n) is 3.11. The fraction of sp³-hybridized carbons (Fsp3) is 0.333. The molecule has 20 heavy (non-hydrogen) atoms. The largest absolute Gasteiger partial charge is 0.456 e. The fourth-order valence-electron chi connectivity index (χ4n) is 1.91. The Kier molecular flexibility index (Phi) is 4.40. The summed E-state index contributed by atoms with van der Waals surface area (Å²) in [5.41, 5.74) is 1.34. The Morgan fingerprint density at radius 3 is 2.80 bits per heavy atom. The zero-order chi connectivity index (χ0) is 14.5. The average molecular weight is 275 g/mol. The van der Waals surface area contributed by atoms with Crippen LogP contribution in [0.25, 0.3) is 0 Å². The van der Waals surface area contributed by atoms with Crippen LogP contribution < -0.4 is 5.32 Å². The van der Waals surface area contributed by atoms with Crippen molar-refractivity contribution in [1.82, 2.24) is 5.32 Å². The van der Waals surface area contributed by atoms with E-state index < -0.39 is 12.1 Å². The lowest BCUT2D eigenvalue weighted by Gasteiger charge is -2.18. The van der Waals surface area contributed by atoms with Crippen molar-refractivity contribution in [1.29, 1.82) is 0 Å². The summed E-state index contributed by atoms with van der Waals surface area (Å²) in [6.07, 6.45) is -0.479. The van der Waals surface area contributed by atoms with Gasteiger partial charge in [-0.1, -0.05) is 36.9 Å². The Morgan fingerprint density at radius 2 is 2.20 bits per heavy atom. The van der Waals surface area contributed by atoms with Gasteiger partial charge < -0.3 is 14.8 Å². The molecule has 1 aromatic rings. The second-order valence-electron chi connectivity index (χ2n) is 4.75. The van der Waals surface area contributed by atoms with Gasteiger partial charge in [-0.25, -0.2) is 9.59 Å². The van der Waals surface area contributed by atoms with Crippen LogP contribution in [0.1, 0.15) is 18.9 Å². The van der Waals surface area contributed by atoms with Crippen LogP contribution in [0.15, 0.2) is 42.5 Å². The zero-order valence-electron chi connectivity index (χ0n) is 11.3. The number of carbonyl (C=O) groups excluding carboxylic acids is 2. The third kappa shape index (κ3) is 3.60. The quantitative estimate of drug-likeness (QED) is 0.675. The predicted molar refractivity (Wildman–Crippen MR) is 72.9 cm³/mol. The number of amides is 1. The van der Waals surface area contributed by atoms with E-state index in [9.17, 15) is 9.59 Å². The molecule has 1 aliphatic rings. The second-order valence-corrected chi connectivity index (χ2v) is 4.75.